The number of anilines is 1. The topological polar surface area (TPSA) is 80.9 Å². The lowest BCUT2D eigenvalue weighted by molar-refractivity contribution is -0.115. The number of aryl methyl sites for hydroxylation is 1. The highest BCUT2D eigenvalue weighted by atomic mass is 32.1. The van der Waals surface area contributed by atoms with Gasteiger partial charge in [-0.25, -0.2) is 9.97 Å². The number of carbonyl (C=O) groups excluding carboxylic acids is 1. The van der Waals surface area contributed by atoms with Gasteiger partial charge in [0.2, 0.25) is 5.91 Å². The van der Waals surface area contributed by atoms with E-state index < -0.39 is 0 Å². The Labute approximate surface area is 147 Å². The van der Waals surface area contributed by atoms with Crippen molar-refractivity contribution < 1.29 is 9.21 Å². The van der Waals surface area contributed by atoms with Crippen molar-refractivity contribution in [2.45, 2.75) is 13.3 Å². The first-order chi connectivity index (χ1) is 12.2. The van der Waals surface area contributed by atoms with Crippen molar-refractivity contribution >= 4 is 34.0 Å². The summed E-state index contributed by atoms with van der Waals surface area (Å²) in [7, 11) is 0. The third-order valence-corrected chi connectivity index (χ3v) is 4.47. The Bertz CT molecular complexity index is 1040. The molecule has 0 spiro atoms. The number of pyridine rings is 1. The van der Waals surface area contributed by atoms with Gasteiger partial charge in [-0.3, -0.25) is 9.78 Å². The number of aromatic nitrogens is 3. The van der Waals surface area contributed by atoms with Crippen molar-refractivity contribution in [2.24, 2.45) is 0 Å². The van der Waals surface area contributed by atoms with Gasteiger partial charge >= 0.3 is 0 Å². The molecule has 124 valence electrons. The Morgan fingerprint density at radius 2 is 2.16 bits per heavy atom. The lowest BCUT2D eigenvalue weighted by atomic mass is 10.2. The average Bonchev–Trinajstić information content (AvgIpc) is 3.21. The van der Waals surface area contributed by atoms with Crippen molar-refractivity contribution in [3.63, 3.8) is 0 Å². The molecule has 3 heterocycles. The number of fused-ring (bicyclic) bond motifs is 1. The van der Waals surface area contributed by atoms with E-state index in [0.717, 1.165) is 21.9 Å². The fourth-order valence-corrected chi connectivity index (χ4v) is 3.28. The van der Waals surface area contributed by atoms with E-state index in [2.05, 4.69) is 20.3 Å². The zero-order chi connectivity index (χ0) is 17.2. The fourth-order valence-electron chi connectivity index (χ4n) is 2.49. The van der Waals surface area contributed by atoms with Crippen LogP contribution in [0.3, 0.4) is 0 Å². The molecule has 0 aliphatic heterocycles. The van der Waals surface area contributed by atoms with Gasteiger partial charge in [0, 0.05) is 24.2 Å². The number of rotatable bonds is 4. The first-order valence-electron chi connectivity index (χ1n) is 7.70. The normalized spacial score (nSPS) is 10.9. The summed E-state index contributed by atoms with van der Waals surface area (Å²) in [5.74, 6) is 0.473. The number of nitrogens with zero attached hydrogens (tertiary/aromatic N) is 3. The molecule has 1 N–H and O–H groups in total. The number of carbonyl (C=O) groups is 1. The molecule has 1 aromatic carbocycles. The minimum Gasteiger partial charge on any atom is -0.441 e. The molecule has 7 heteroatoms. The number of hydrogen-bond donors (Lipinski definition) is 1. The van der Waals surface area contributed by atoms with Crippen LogP contribution in [-0.2, 0) is 11.2 Å². The van der Waals surface area contributed by atoms with E-state index in [1.807, 2.05) is 23.6 Å². The molecule has 0 aliphatic rings. The molecule has 3 aromatic heterocycles. The maximum atomic E-state index is 12.3. The minimum absolute atomic E-state index is 0.127. The van der Waals surface area contributed by atoms with Gasteiger partial charge < -0.3 is 9.73 Å². The number of hydrogen-bond acceptors (Lipinski definition) is 6. The van der Waals surface area contributed by atoms with Crippen LogP contribution in [0.2, 0.25) is 0 Å². The van der Waals surface area contributed by atoms with E-state index in [-0.39, 0.29) is 12.3 Å². The second-order valence-corrected chi connectivity index (χ2v) is 6.36. The van der Waals surface area contributed by atoms with Gasteiger partial charge in [-0.1, -0.05) is 6.07 Å². The molecule has 0 unspecified atom stereocenters. The fraction of sp³-hybridized carbons (Fsp3) is 0.111. The Balaban J connectivity index is 1.45. The van der Waals surface area contributed by atoms with E-state index in [9.17, 15) is 4.79 Å². The number of amides is 1. The lowest BCUT2D eigenvalue weighted by Crippen LogP contribution is -2.14. The summed E-state index contributed by atoms with van der Waals surface area (Å²) in [4.78, 5) is 25.3. The van der Waals surface area contributed by atoms with Gasteiger partial charge in [0.25, 0.3) is 0 Å². The second kappa shape index (κ2) is 6.45. The number of benzene rings is 1. The maximum Gasteiger partial charge on any atom is 0.230 e. The van der Waals surface area contributed by atoms with E-state index in [1.165, 1.54) is 11.3 Å². The summed E-state index contributed by atoms with van der Waals surface area (Å²) in [6.07, 6.45) is 1.93. The quantitative estimate of drug-likeness (QED) is 0.605. The highest BCUT2D eigenvalue weighted by molar-refractivity contribution is 7.13. The van der Waals surface area contributed by atoms with Crippen LogP contribution in [0.15, 0.2) is 52.4 Å². The molecule has 25 heavy (non-hydrogen) atoms. The second-order valence-electron chi connectivity index (χ2n) is 5.50. The zero-order valence-electron chi connectivity index (χ0n) is 13.4. The molecule has 6 nitrogen and oxygen atoms in total. The summed E-state index contributed by atoms with van der Waals surface area (Å²) in [5, 5.41) is 5.56. The molecule has 0 fully saturated rings. The standard InChI is InChI=1S/C18H14N4O2S/c1-11-20-15-8-12(5-6-16(15)24-11)21-17(23)9-13-10-25-18(22-13)14-4-2-3-7-19-14/h2-8,10H,9H2,1H3,(H,21,23). The number of oxazole rings is 1. The third kappa shape index (κ3) is 3.41. The molecule has 0 bridgehead atoms. The molecular formula is C18H14N4O2S. The monoisotopic (exact) mass is 350 g/mol. The molecular weight excluding hydrogens is 336 g/mol. The molecule has 0 atom stereocenters. The molecule has 4 aromatic rings. The first-order valence-corrected chi connectivity index (χ1v) is 8.58. The Morgan fingerprint density at radius 1 is 1.24 bits per heavy atom. The van der Waals surface area contributed by atoms with Crippen LogP contribution in [0.25, 0.3) is 21.8 Å². The SMILES string of the molecule is Cc1nc2cc(NC(=O)Cc3csc(-c4ccccn4)n3)ccc2o1. The first kappa shape index (κ1) is 15.5. The minimum atomic E-state index is -0.127. The Kier molecular flexibility index (Phi) is 3.99. The molecule has 0 aliphatic carbocycles. The van der Waals surface area contributed by atoms with Gasteiger partial charge in [-0.2, -0.15) is 0 Å². The molecule has 1 amide bonds. The van der Waals surface area contributed by atoms with Crippen LogP contribution in [0.1, 0.15) is 11.6 Å². The van der Waals surface area contributed by atoms with Crippen LogP contribution in [0.5, 0.6) is 0 Å². The predicted octanol–water partition coefficient (Wildman–Crippen LogP) is 3.84. The highest BCUT2D eigenvalue weighted by Gasteiger charge is 2.11. The molecule has 0 radical (unpaired) electrons. The van der Waals surface area contributed by atoms with Crippen LogP contribution >= 0.6 is 11.3 Å². The van der Waals surface area contributed by atoms with Crippen molar-refractivity contribution in [1.82, 2.24) is 15.0 Å². The van der Waals surface area contributed by atoms with Crippen LogP contribution in [0.4, 0.5) is 5.69 Å². The zero-order valence-corrected chi connectivity index (χ0v) is 14.2. The van der Waals surface area contributed by atoms with E-state index in [4.69, 9.17) is 4.42 Å². The van der Waals surface area contributed by atoms with Gasteiger partial charge in [0.1, 0.15) is 10.5 Å². The van der Waals surface area contributed by atoms with Crippen LogP contribution in [0, 0.1) is 6.92 Å². The number of nitrogens with one attached hydrogen (secondary N) is 1. The van der Waals surface area contributed by atoms with E-state index in [1.54, 1.807) is 31.3 Å². The van der Waals surface area contributed by atoms with Crippen LogP contribution < -0.4 is 5.32 Å². The van der Waals surface area contributed by atoms with Crippen molar-refractivity contribution in [1.29, 1.82) is 0 Å². The summed E-state index contributed by atoms with van der Waals surface area (Å²) in [5.41, 5.74) is 3.65. The number of thiazole rings is 1. The van der Waals surface area contributed by atoms with Gasteiger partial charge in [-0.15, -0.1) is 11.3 Å². The summed E-state index contributed by atoms with van der Waals surface area (Å²) in [6.45, 7) is 1.79. The van der Waals surface area contributed by atoms with E-state index in [0.29, 0.717) is 17.2 Å². The molecule has 0 saturated carbocycles. The third-order valence-electron chi connectivity index (χ3n) is 3.56. The molecule has 4 rings (SSSR count). The largest absolute Gasteiger partial charge is 0.441 e. The van der Waals surface area contributed by atoms with Gasteiger partial charge in [-0.05, 0) is 30.3 Å². The highest BCUT2D eigenvalue weighted by Crippen LogP contribution is 2.22. The summed E-state index contributed by atoms with van der Waals surface area (Å²) >= 11 is 1.48. The van der Waals surface area contributed by atoms with E-state index >= 15 is 0 Å². The lowest BCUT2D eigenvalue weighted by Gasteiger charge is -2.03. The maximum absolute atomic E-state index is 12.3. The predicted molar refractivity (Wildman–Crippen MR) is 96.4 cm³/mol. The summed E-state index contributed by atoms with van der Waals surface area (Å²) < 4.78 is 5.43. The Morgan fingerprint density at radius 3 is 3.00 bits per heavy atom. The van der Waals surface area contributed by atoms with Crippen molar-refractivity contribution in [3.05, 3.63) is 59.6 Å². The van der Waals surface area contributed by atoms with Gasteiger partial charge in [0.15, 0.2) is 11.5 Å². The van der Waals surface area contributed by atoms with Crippen LogP contribution in [-0.4, -0.2) is 20.9 Å². The Hall–Kier alpha value is -3.06. The van der Waals surface area contributed by atoms with Crippen molar-refractivity contribution in [2.75, 3.05) is 5.32 Å². The molecule has 0 saturated heterocycles. The summed E-state index contributed by atoms with van der Waals surface area (Å²) in [6, 6.07) is 11.1. The average molecular weight is 350 g/mol. The van der Waals surface area contributed by atoms with Crippen molar-refractivity contribution in [3.8, 4) is 10.7 Å². The smallest absolute Gasteiger partial charge is 0.230 e. The van der Waals surface area contributed by atoms with Gasteiger partial charge in [0.05, 0.1) is 17.8 Å².